The first-order valence-electron chi connectivity index (χ1n) is 42.8. The number of aliphatic hydroxyl groups is 27. The highest BCUT2D eigenvalue weighted by molar-refractivity contribution is 5.77. The monoisotopic (exact) mass is 1970 g/mol. The summed E-state index contributed by atoms with van der Waals surface area (Å²) in [6, 6.07) is -11.7. The maximum atomic E-state index is 13.4. The summed E-state index contributed by atoms with van der Waals surface area (Å²) in [5.41, 5.74) is 0. The molecule has 10 aliphatic heterocycles. The summed E-state index contributed by atoms with van der Waals surface area (Å²) in [6.07, 6.45) is -101. The largest absolute Gasteiger partial charge is 0.477 e. The van der Waals surface area contributed by atoms with Gasteiger partial charge in [-0.15, -0.1) is 0 Å². The molecular weight excluding hydrogens is 1850 g/mol. The van der Waals surface area contributed by atoms with Crippen LogP contribution in [0.2, 0.25) is 0 Å². The molecule has 10 heterocycles. The lowest BCUT2D eigenvalue weighted by molar-refractivity contribution is -0.408. The molecule has 10 fully saturated rings. The third-order valence-corrected chi connectivity index (χ3v) is 24.3. The fourth-order valence-corrected chi connectivity index (χ4v) is 17.4. The van der Waals surface area contributed by atoms with Crippen LogP contribution in [0.3, 0.4) is 0 Å². The first kappa shape index (κ1) is 111. The van der Waals surface area contributed by atoms with Crippen LogP contribution in [0.15, 0.2) is 0 Å². The van der Waals surface area contributed by atoms with Crippen LogP contribution in [-0.2, 0) is 124 Å². The van der Waals surface area contributed by atoms with Crippen LogP contribution in [0.1, 0.15) is 48.0 Å². The number of carboxylic acid groups (broad SMARTS) is 1. The molecule has 10 aliphatic rings. The highest BCUT2D eigenvalue weighted by Gasteiger charge is 2.65. The average Bonchev–Trinajstić information content (AvgIpc) is 0.737. The van der Waals surface area contributed by atoms with E-state index in [9.17, 15) is 177 Å². The Morgan fingerprint density at radius 1 is 0.304 bits per heavy atom. The van der Waals surface area contributed by atoms with Crippen LogP contribution in [0.5, 0.6) is 0 Å². The number of nitrogens with one attached hydrogen (secondary N) is 6. The number of aliphatic hydroxyl groups excluding tert-OH is 27. The van der Waals surface area contributed by atoms with Crippen molar-refractivity contribution in [3.63, 3.8) is 0 Å². The van der Waals surface area contributed by atoms with Crippen LogP contribution in [0.25, 0.3) is 0 Å². The van der Waals surface area contributed by atoms with Gasteiger partial charge in [-0.1, -0.05) is 0 Å². The zero-order valence-electron chi connectivity index (χ0n) is 72.8. The molecule has 0 aromatic rings. The third-order valence-electron chi connectivity index (χ3n) is 24.3. The summed E-state index contributed by atoms with van der Waals surface area (Å²) in [5, 5.41) is 331. The minimum Gasteiger partial charge on any atom is -0.477 e. The van der Waals surface area contributed by atoms with Crippen LogP contribution in [0, 0.1) is 0 Å². The SMILES string of the molecule is CC(=O)N[C@H]1[C@H](O[C@H]2[C@H](O)[C@H](NC(C)=O)C(O)O[C@@H]2CO)O[C@H](CO)[C@@H](O[C@@H]2O[C@H](CO[C@H]3O[C@H](CO)[C@@H](O)[C@H](O)[C@@H]3O[C@@H]3O[C@H](CO)[C@@H](O[C@@H]4O[C@H](CO)[C@H](O)[C@H](O[C@]5(C(=O)O)C[C@H](O)[C@@H](NC(C)=O)[C@H]([C@H](O)[C@H](O)CO)O5)[C@H]4O)[C@H](O)[C@H]3NC(C)=O)[C@@H](O[C@@H]3O[C@H](CO)[C@@H](O)[C@H](O)[C@H]3NC(C)=O)[C@H](O[C@H]3O[C@H](CO)[C@@H](O)[C@H](O)[C@@H]3O[C@@H]3O[C@H](CO)[C@@H](O)[C@H](O)[C@H]3NC(C)=O)[C@@H]2O)[C@@H]1O. The molecule has 60 nitrogen and oxygen atoms in total. The molecule has 10 rings (SSSR count). The van der Waals surface area contributed by atoms with Gasteiger partial charge in [-0.3, -0.25) is 28.8 Å². The number of carbonyl (C=O) groups is 7. The Balaban J connectivity index is 1.05. The van der Waals surface area contributed by atoms with Gasteiger partial charge in [-0.05, 0) is 0 Å². The van der Waals surface area contributed by atoms with E-state index in [1.165, 1.54) is 0 Å². The molecule has 6 amide bonds. The van der Waals surface area contributed by atoms with Gasteiger partial charge in [-0.25, -0.2) is 4.79 Å². The smallest absolute Gasteiger partial charge is 0.364 e. The predicted molar refractivity (Wildman–Crippen MR) is 416 cm³/mol. The first-order chi connectivity index (χ1) is 63.7. The van der Waals surface area contributed by atoms with Gasteiger partial charge in [0.25, 0.3) is 5.79 Å². The van der Waals surface area contributed by atoms with Crippen LogP contribution in [0.4, 0.5) is 0 Å². The fourth-order valence-electron chi connectivity index (χ4n) is 17.4. The fraction of sp³-hybridized carbons (Fsp3) is 0.907. The van der Waals surface area contributed by atoms with Gasteiger partial charge < -0.3 is 265 Å². The molecular formula is C75H124N6O54. The Bertz CT molecular complexity index is 3820. The van der Waals surface area contributed by atoms with Crippen LogP contribution < -0.4 is 31.9 Å². The second-order valence-electron chi connectivity index (χ2n) is 33.9. The number of aliphatic carboxylic acids is 1. The molecule has 10 saturated heterocycles. The van der Waals surface area contributed by atoms with E-state index >= 15 is 0 Å². The molecule has 51 atom stereocenters. The normalized spacial score (nSPS) is 46.4. The Labute approximate surface area is 764 Å². The number of hydrogen-bond donors (Lipinski definition) is 34. The van der Waals surface area contributed by atoms with Gasteiger partial charge in [0, 0.05) is 48.0 Å². The maximum Gasteiger partial charge on any atom is 0.364 e. The number of carbonyl (C=O) groups excluding carboxylic acids is 6. The molecule has 0 radical (unpaired) electrons. The number of amides is 6. The van der Waals surface area contributed by atoms with E-state index in [-0.39, 0.29) is 0 Å². The van der Waals surface area contributed by atoms with Crippen molar-refractivity contribution in [2.45, 2.75) is 360 Å². The molecule has 778 valence electrons. The second-order valence-corrected chi connectivity index (χ2v) is 33.9. The molecule has 0 aromatic heterocycles. The maximum absolute atomic E-state index is 13.4. The van der Waals surface area contributed by atoms with E-state index in [0.29, 0.717) is 0 Å². The van der Waals surface area contributed by atoms with E-state index in [2.05, 4.69) is 31.9 Å². The van der Waals surface area contributed by atoms with Crippen molar-refractivity contribution in [1.29, 1.82) is 0 Å². The molecule has 0 spiro atoms. The lowest BCUT2D eigenvalue weighted by Crippen LogP contribution is -2.71. The topological polar surface area (TPSA) is 933 Å². The quantitative estimate of drug-likeness (QED) is 0.0275. The molecule has 0 aliphatic carbocycles. The standard InChI is InChI=1S/C75H124N6O54/c1-18(91)76-35-24(97)7-75(74(115)116,134-60(35)41(99)25(98)8-82)135-61-46(104)30(13-87)121-70(54(61)112)128-57-33(16-90)125-69(40(51(57)109)81-23(6)96)132-63-52(110)44(102)28(11-85)122-72(63)117-17-34-59(130-66-37(78-20(3)93)47(105)42(100)26(9-83)119-66)62(131-73-64(53(111)45(103)29(12-86)123-73)133-67-38(79-21(4)94)48(106)43(101)27(10-84)120-67)55(113)71(126-34)129-58-32(15-89)124-68(39(50(58)108)80-22(5)95)127-56-31(14-88)118-65(114)36(49(56)107)77-19(2)92/h24-73,82-90,97-114H,7-17H2,1-6H3,(H,76,91)(H,77,92)(H,78,93)(H,79,94)(H,80,95)(H,81,96)(H,115,116)/t24-,25+,26+,27+,28+,29+,30+,31+,32+,33+,34+,35+,36-,37+,38+,39+,40+,41+,42+,43+,44+,45+,46-,47+,48+,49+,50+,51+,52-,53-,54+,55-,56+,57+,58+,59+,60+,61-,62+,63-,64-,65?,66-,67-,68-,69-,70-,71-,72-,73+,75-/m0/s1. The van der Waals surface area contributed by atoms with Crippen molar-refractivity contribution in [3.05, 3.63) is 0 Å². The van der Waals surface area contributed by atoms with Crippen molar-refractivity contribution in [2.24, 2.45) is 0 Å². The van der Waals surface area contributed by atoms with E-state index in [1.807, 2.05) is 0 Å². The van der Waals surface area contributed by atoms with E-state index in [0.717, 1.165) is 41.5 Å². The van der Waals surface area contributed by atoms with Crippen molar-refractivity contribution >= 4 is 41.4 Å². The summed E-state index contributed by atoms with van der Waals surface area (Å²) in [5.74, 6) is -11.3. The van der Waals surface area contributed by atoms with Gasteiger partial charge in [0.15, 0.2) is 56.6 Å². The van der Waals surface area contributed by atoms with Crippen LogP contribution >= 0.6 is 0 Å². The molecule has 0 saturated carbocycles. The molecule has 135 heavy (non-hydrogen) atoms. The molecule has 34 N–H and O–H groups in total. The lowest BCUT2D eigenvalue weighted by atomic mass is 9.88. The van der Waals surface area contributed by atoms with Crippen molar-refractivity contribution in [1.82, 2.24) is 31.9 Å². The Hall–Kier alpha value is -5.55. The zero-order valence-corrected chi connectivity index (χ0v) is 72.8. The second kappa shape index (κ2) is 48.5. The summed E-state index contributed by atoms with van der Waals surface area (Å²) in [7, 11) is 0. The number of rotatable bonds is 37. The summed E-state index contributed by atoms with van der Waals surface area (Å²) >= 11 is 0. The predicted octanol–water partition coefficient (Wildman–Crippen LogP) is -22.7. The van der Waals surface area contributed by atoms with Crippen LogP contribution in [-0.4, -0.2) is 563 Å². The molecule has 0 bridgehead atoms. The van der Waals surface area contributed by atoms with Crippen molar-refractivity contribution in [2.75, 3.05) is 66.1 Å². The van der Waals surface area contributed by atoms with E-state index in [1.54, 1.807) is 0 Å². The number of ether oxygens (including phenoxy) is 19. The highest BCUT2D eigenvalue weighted by Crippen LogP contribution is 2.43. The summed E-state index contributed by atoms with van der Waals surface area (Å²) in [4.78, 5) is 90.5. The van der Waals surface area contributed by atoms with Gasteiger partial charge in [0.05, 0.1) is 78.2 Å². The Kier molecular flexibility index (Phi) is 40.0. The van der Waals surface area contributed by atoms with E-state index < -0.39 is 426 Å². The zero-order chi connectivity index (χ0) is 99.9. The first-order valence-corrected chi connectivity index (χ1v) is 42.8. The number of hydrogen-bond acceptors (Lipinski definition) is 53. The molecule has 0 aromatic carbocycles. The van der Waals surface area contributed by atoms with Gasteiger partial charge >= 0.3 is 5.97 Å². The highest BCUT2D eigenvalue weighted by atomic mass is 16.8. The van der Waals surface area contributed by atoms with Gasteiger partial charge in [0.2, 0.25) is 35.4 Å². The molecule has 1 unspecified atom stereocenters. The summed E-state index contributed by atoms with van der Waals surface area (Å²) < 4.78 is 116. The van der Waals surface area contributed by atoms with Gasteiger partial charge in [-0.2, -0.15) is 0 Å². The molecule has 60 heteroatoms. The number of carboxylic acids is 1. The average molecular weight is 1970 g/mol. The Morgan fingerprint density at radius 3 is 1.00 bits per heavy atom. The lowest BCUT2D eigenvalue weighted by Gasteiger charge is -2.52. The van der Waals surface area contributed by atoms with Crippen molar-refractivity contribution < 1.29 is 267 Å². The third kappa shape index (κ3) is 25.0. The van der Waals surface area contributed by atoms with Crippen molar-refractivity contribution in [3.8, 4) is 0 Å². The minimum absolute atomic E-state index is 0.833. The van der Waals surface area contributed by atoms with E-state index in [4.69, 9.17) is 90.0 Å². The minimum atomic E-state index is -3.34. The van der Waals surface area contributed by atoms with Gasteiger partial charge in [0.1, 0.15) is 238 Å². The Morgan fingerprint density at radius 2 is 0.600 bits per heavy atom. The summed E-state index contributed by atoms with van der Waals surface area (Å²) in [6.45, 7) is -6.91.